The highest BCUT2D eigenvalue weighted by molar-refractivity contribution is 6.30. The molecule has 1 atom stereocenters. The Bertz CT molecular complexity index is 825. The maximum Gasteiger partial charge on any atom is 0.231 e. The minimum absolute atomic E-state index is 0.0679. The van der Waals surface area contributed by atoms with E-state index in [1.807, 2.05) is 29.2 Å². The average molecular weight is 373 g/mol. The molecule has 26 heavy (non-hydrogen) atoms. The molecule has 136 valence electrons. The first-order valence-corrected chi connectivity index (χ1v) is 9.40. The molecule has 0 saturated carbocycles. The van der Waals surface area contributed by atoms with E-state index < -0.39 is 0 Å². The molecule has 2 aliphatic rings. The molecule has 0 radical (unpaired) electrons. The van der Waals surface area contributed by atoms with E-state index in [4.69, 9.17) is 11.6 Å². The molecule has 3 heterocycles. The van der Waals surface area contributed by atoms with Crippen LogP contribution in [-0.2, 0) is 16.1 Å². The van der Waals surface area contributed by atoms with Crippen molar-refractivity contribution >= 4 is 29.2 Å². The fourth-order valence-electron chi connectivity index (χ4n) is 3.65. The van der Waals surface area contributed by atoms with Gasteiger partial charge in [0.15, 0.2) is 0 Å². The first-order chi connectivity index (χ1) is 12.6. The van der Waals surface area contributed by atoms with Gasteiger partial charge in [-0.25, -0.2) is 4.68 Å². The second-order valence-corrected chi connectivity index (χ2v) is 7.36. The maximum absolute atomic E-state index is 12.6. The van der Waals surface area contributed by atoms with Crippen LogP contribution in [0.15, 0.2) is 30.5 Å². The first-order valence-electron chi connectivity index (χ1n) is 9.02. The van der Waals surface area contributed by atoms with E-state index in [1.165, 1.54) is 6.42 Å². The molecular weight excluding hydrogens is 352 g/mol. The molecule has 7 heteroatoms. The number of likely N-dealkylation sites (tertiary alicyclic amines) is 1. The summed E-state index contributed by atoms with van der Waals surface area (Å²) < 4.78 is 1.78. The van der Waals surface area contributed by atoms with E-state index in [9.17, 15) is 9.59 Å². The molecule has 6 nitrogen and oxygen atoms in total. The summed E-state index contributed by atoms with van der Waals surface area (Å²) in [4.78, 5) is 26.9. The van der Waals surface area contributed by atoms with Crippen molar-refractivity contribution in [1.29, 1.82) is 0 Å². The average Bonchev–Trinajstić information content (AvgIpc) is 3.06. The molecule has 2 amide bonds. The zero-order valence-electron chi connectivity index (χ0n) is 14.4. The summed E-state index contributed by atoms with van der Waals surface area (Å²) in [5, 5.41) is 8.00. The summed E-state index contributed by atoms with van der Waals surface area (Å²) in [6, 6.07) is 7.42. The van der Waals surface area contributed by atoms with E-state index in [0.717, 1.165) is 37.1 Å². The van der Waals surface area contributed by atoms with Gasteiger partial charge in [0.05, 0.1) is 18.7 Å². The van der Waals surface area contributed by atoms with Gasteiger partial charge >= 0.3 is 0 Å². The van der Waals surface area contributed by atoms with Crippen LogP contribution in [0.3, 0.4) is 0 Å². The Balaban J connectivity index is 1.50. The highest BCUT2D eigenvalue weighted by atomic mass is 35.5. The Morgan fingerprint density at radius 2 is 1.92 bits per heavy atom. The monoisotopic (exact) mass is 372 g/mol. The number of fused-ring (bicyclic) bond motifs is 1. The summed E-state index contributed by atoms with van der Waals surface area (Å²) in [7, 11) is 0. The number of nitrogens with zero attached hydrogens (tertiary/aromatic N) is 3. The third-order valence-electron chi connectivity index (χ3n) is 5.13. The Labute approximate surface area is 157 Å². The van der Waals surface area contributed by atoms with Gasteiger partial charge in [-0.05, 0) is 37.0 Å². The van der Waals surface area contributed by atoms with Crippen LogP contribution >= 0.6 is 11.6 Å². The van der Waals surface area contributed by atoms with Crippen LogP contribution < -0.4 is 5.32 Å². The summed E-state index contributed by atoms with van der Waals surface area (Å²) in [6.07, 6.45) is 5.26. The van der Waals surface area contributed by atoms with Gasteiger partial charge in [-0.1, -0.05) is 23.7 Å². The molecule has 1 aromatic heterocycles. The molecule has 4 rings (SSSR count). The number of rotatable bonds is 3. The van der Waals surface area contributed by atoms with Crippen molar-refractivity contribution in [2.24, 2.45) is 5.92 Å². The molecule has 0 bridgehead atoms. The Kier molecular flexibility index (Phi) is 4.68. The number of hydrogen-bond donors (Lipinski definition) is 1. The Morgan fingerprint density at radius 1 is 1.19 bits per heavy atom. The minimum Gasteiger partial charge on any atom is -0.343 e. The standard InChI is InChI=1S/C19H21ClN4O2/c20-15-6-4-13(5-7-15)16-11-21-24-12-14(19(26)22-18(16)24)10-17(25)23-8-2-1-3-9-23/h4-7,11,14H,1-3,8-10,12H2,(H,22,26)/t14-/m0/s1. The van der Waals surface area contributed by atoms with Crippen molar-refractivity contribution in [2.45, 2.75) is 32.2 Å². The predicted octanol–water partition coefficient (Wildman–Crippen LogP) is 3.17. The molecule has 1 aromatic carbocycles. The van der Waals surface area contributed by atoms with Crippen LogP contribution in [-0.4, -0.2) is 39.6 Å². The lowest BCUT2D eigenvalue weighted by atomic mass is 10.00. The SMILES string of the molecule is O=C1Nc2c(-c3ccc(Cl)cc3)cnn2C[C@@H]1CC(=O)N1CCCCC1. The molecule has 2 aliphatic heterocycles. The van der Waals surface area contributed by atoms with Crippen molar-refractivity contribution in [3.05, 3.63) is 35.5 Å². The largest absolute Gasteiger partial charge is 0.343 e. The number of hydrogen-bond acceptors (Lipinski definition) is 3. The Hall–Kier alpha value is -2.34. The number of amides is 2. The molecule has 0 aliphatic carbocycles. The van der Waals surface area contributed by atoms with Crippen LogP contribution in [0.2, 0.25) is 5.02 Å². The number of carbonyl (C=O) groups excluding carboxylic acids is 2. The zero-order valence-corrected chi connectivity index (χ0v) is 15.2. The number of carbonyl (C=O) groups is 2. The summed E-state index contributed by atoms with van der Waals surface area (Å²) >= 11 is 5.94. The number of benzene rings is 1. The third-order valence-corrected chi connectivity index (χ3v) is 5.38. The van der Waals surface area contributed by atoms with Crippen molar-refractivity contribution < 1.29 is 9.59 Å². The second kappa shape index (κ2) is 7.11. The van der Waals surface area contributed by atoms with Crippen molar-refractivity contribution in [3.63, 3.8) is 0 Å². The van der Waals surface area contributed by atoms with Crippen molar-refractivity contribution in [3.8, 4) is 11.1 Å². The van der Waals surface area contributed by atoms with Crippen LogP contribution in [0, 0.1) is 5.92 Å². The van der Waals surface area contributed by atoms with Gasteiger partial charge in [0, 0.05) is 30.1 Å². The zero-order chi connectivity index (χ0) is 18.1. The van der Waals surface area contributed by atoms with Gasteiger partial charge in [0.25, 0.3) is 0 Å². The molecule has 1 saturated heterocycles. The lowest BCUT2D eigenvalue weighted by molar-refractivity contribution is -0.136. The van der Waals surface area contributed by atoms with Gasteiger partial charge in [0.2, 0.25) is 11.8 Å². The van der Waals surface area contributed by atoms with Gasteiger partial charge in [-0.15, -0.1) is 0 Å². The topological polar surface area (TPSA) is 67.2 Å². The molecule has 0 unspecified atom stereocenters. The lowest BCUT2D eigenvalue weighted by Gasteiger charge is -2.29. The van der Waals surface area contributed by atoms with E-state index in [-0.39, 0.29) is 24.2 Å². The van der Waals surface area contributed by atoms with Gasteiger partial charge in [-0.3, -0.25) is 9.59 Å². The van der Waals surface area contributed by atoms with Gasteiger partial charge < -0.3 is 10.2 Å². The van der Waals surface area contributed by atoms with Crippen molar-refractivity contribution in [1.82, 2.24) is 14.7 Å². The molecule has 0 spiro atoms. The minimum atomic E-state index is -0.380. The number of nitrogens with one attached hydrogen (secondary N) is 1. The summed E-state index contributed by atoms with van der Waals surface area (Å²) in [6.45, 7) is 2.04. The number of halogens is 1. The van der Waals surface area contributed by atoms with E-state index in [1.54, 1.807) is 10.9 Å². The van der Waals surface area contributed by atoms with Crippen LogP contribution in [0.25, 0.3) is 11.1 Å². The predicted molar refractivity (Wildman–Crippen MR) is 99.8 cm³/mol. The van der Waals surface area contributed by atoms with Crippen LogP contribution in [0.4, 0.5) is 5.82 Å². The molecule has 1 N–H and O–H groups in total. The molecule has 1 fully saturated rings. The molecule has 2 aromatic rings. The highest BCUT2D eigenvalue weighted by Gasteiger charge is 2.32. The number of aromatic nitrogens is 2. The van der Waals surface area contributed by atoms with Crippen molar-refractivity contribution in [2.75, 3.05) is 18.4 Å². The smallest absolute Gasteiger partial charge is 0.231 e. The summed E-state index contributed by atoms with van der Waals surface area (Å²) in [5.74, 6) is 0.255. The van der Waals surface area contributed by atoms with E-state index >= 15 is 0 Å². The van der Waals surface area contributed by atoms with Gasteiger partial charge in [0.1, 0.15) is 5.82 Å². The number of anilines is 1. The Morgan fingerprint density at radius 3 is 2.65 bits per heavy atom. The number of piperidine rings is 1. The third kappa shape index (κ3) is 3.33. The lowest BCUT2D eigenvalue weighted by Crippen LogP contribution is -2.41. The van der Waals surface area contributed by atoms with Gasteiger partial charge in [-0.2, -0.15) is 5.10 Å². The van der Waals surface area contributed by atoms with Crippen LogP contribution in [0.5, 0.6) is 0 Å². The second-order valence-electron chi connectivity index (χ2n) is 6.93. The van der Waals surface area contributed by atoms with E-state index in [0.29, 0.717) is 17.4 Å². The normalized spacial score (nSPS) is 19.8. The van der Waals surface area contributed by atoms with E-state index in [2.05, 4.69) is 10.4 Å². The first kappa shape index (κ1) is 17.1. The summed E-state index contributed by atoms with van der Waals surface area (Å²) in [5.41, 5.74) is 1.80. The van der Waals surface area contributed by atoms with Crippen LogP contribution in [0.1, 0.15) is 25.7 Å². The maximum atomic E-state index is 12.6. The molecular formula is C19H21ClN4O2. The fraction of sp³-hybridized carbons (Fsp3) is 0.421. The quantitative estimate of drug-likeness (QED) is 0.899. The highest BCUT2D eigenvalue weighted by Crippen LogP contribution is 2.32. The fourth-order valence-corrected chi connectivity index (χ4v) is 3.77.